The number of morpholine rings is 1. The maximum Gasteiger partial charge on any atom is 0.203 e. The van der Waals surface area contributed by atoms with Gasteiger partial charge in [0, 0.05) is 25.0 Å². The molecule has 2 aromatic carbocycles. The predicted molar refractivity (Wildman–Crippen MR) is 135 cm³/mol. The van der Waals surface area contributed by atoms with Crippen molar-refractivity contribution in [2.24, 2.45) is 0 Å². The van der Waals surface area contributed by atoms with Crippen molar-refractivity contribution in [1.29, 1.82) is 0 Å². The first-order valence-electron chi connectivity index (χ1n) is 11.5. The number of ether oxygens (including phenoxy) is 4. The van der Waals surface area contributed by atoms with Gasteiger partial charge in [-0.25, -0.2) is 9.97 Å². The summed E-state index contributed by atoms with van der Waals surface area (Å²) in [6, 6.07) is 11.8. The highest BCUT2D eigenvalue weighted by Gasteiger charge is 2.13. The Morgan fingerprint density at radius 2 is 1.71 bits per heavy atom. The predicted octanol–water partition coefficient (Wildman–Crippen LogP) is 3.96. The molecule has 0 bridgehead atoms. The Morgan fingerprint density at radius 3 is 2.41 bits per heavy atom. The van der Waals surface area contributed by atoms with Crippen LogP contribution in [0, 0.1) is 0 Å². The molecule has 4 rings (SSSR count). The molecule has 2 heterocycles. The second-order valence-corrected chi connectivity index (χ2v) is 7.97. The van der Waals surface area contributed by atoms with Gasteiger partial charge in [0.1, 0.15) is 5.82 Å². The number of para-hydroxylation sites is 1. The fourth-order valence-electron chi connectivity index (χ4n) is 4.01. The van der Waals surface area contributed by atoms with Crippen LogP contribution in [0.1, 0.15) is 17.8 Å². The number of anilines is 1. The molecule has 180 valence electrons. The Kier molecular flexibility index (Phi) is 8.17. The van der Waals surface area contributed by atoms with E-state index in [2.05, 4.69) is 10.2 Å². The molecule has 1 aliphatic heterocycles. The molecule has 0 unspecified atom stereocenters. The number of aromatic nitrogens is 2. The number of hydrogen-bond acceptors (Lipinski definition) is 8. The van der Waals surface area contributed by atoms with Gasteiger partial charge in [-0.3, -0.25) is 4.90 Å². The monoisotopic (exact) mass is 464 g/mol. The van der Waals surface area contributed by atoms with E-state index in [0.29, 0.717) is 23.1 Å². The third-order valence-electron chi connectivity index (χ3n) is 5.78. The second kappa shape index (κ2) is 11.7. The largest absolute Gasteiger partial charge is 0.493 e. The van der Waals surface area contributed by atoms with Crippen LogP contribution in [0.2, 0.25) is 0 Å². The first kappa shape index (κ1) is 23.8. The Bertz CT molecular complexity index is 1100. The summed E-state index contributed by atoms with van der Waals surface area (Å²) >= 11 is 0. The highest BCUT2D eigenvalue weighted by Crippen LogP contribution is 2.38. The molecule has 8 nitrogen and oxygen atoms in total. The van der Waals surface area contributed by atoms with Crippen LogP contribution >= 0.6 is 0 Å². The molecule has 1 aromatic heterocycles. The first-order valence-corrected chi connectivity index (χ1v) is 11.5. The fourth-order valence-corrected chi connectivity index (χ4v) is 4.01. The molecule has 0 amide bonds. The molecule has 1 N–H and O–H groups in total. The Morgan fingerprint density at radius 1 is 0.971 bits per heavy atom. The minimum absolute atomic E-state index is 0.563. The van der Waals surface area contributed by atoms with Gasteiger partial charge >= 0.3 is 0 Å². The van der Waals surface area contributed by atoms with Crippen LogP contribution < -0.4 is 19.5 Å². The van der Waals surface area contributed by atoms with E-state index in [0.717, 1.165) is 68.1 Å². The van der Waals surface area contributed by atoms with Gasteiger partial charge in [-0.1, -0.05) is 18.2 Å². The molecule has 34 heavy (non-hydrogen) atoms. The maximum absolute atomic E-state index is 5.46. The molecular formula is C26H32N4O4. The summed E-state index contributed by atoms with van der Waals surface area (Å²) < 4.78 is 21.7. The van der Waals surface area contributed by atoms with E-state index in [1.165, 1.54) is 0 Å². The van der Waals surface area contributed by atoms with Crippen molar-refractivity contribution in [2.75, 3.05) is 66.0 Å². The molecule has 1 fully saturated rings. The summed E-state index contributed by atoms with van der Waals surface area (Å²) in [5.74, 6) is 3.24. The SMILES string of the molecule is COc1cc(/C=C/c2nc(NCCCN3CCOCC3)c3ccccc3n2)cc(OC)c1OC. The lowest BCUT2D eigenvalue weighted by Gasteiger charge is -2.26. The quantitative estimate of drug-likeness (QED) is 0.452. The van der Waals surface area contributed by atoms with E-state index in [4.69, 9.17) is 28.9 Å². The number of nitrogens with zero attached hydrogens (tertiary/aromatic N) is 3. The minimum Gasteiger partial charge on any atom is -0.493 e. The number of fused-ring (bicyclic) bond motifs is 1. The van der Waals surface area contributed by atoms with E-state index in [9.17, 15) is 0 Å². The zero-order valence-corrected chi connectivity index (χ0v) is 20.0. The van der Waals surface area contributed by atoms with Gasteiger partial charge in [0.15, 0.2) is 17.3 Å². The van der Waals surface area contributed by atoms with Gasteiger partial charge < -0.3 is 24.3 Å². The topological polar surface area (TPSA) is 78.0 Å². The van der Waals surface area contributed by atoms with Crippen LogP contribution in [-0.2, 0) is 4.74 Å². The molecule has 0 atom stereocenters. The zero-order valence-electron chi connectivity index (χ0n) is 20.0. The highest BCUT2D eigenvalue weighted by atomic mass is 16.5. The van der Waals surface area contributed by atoms with Crippen LogP contribution in [0.15, 0.2) is 36.4 Å². The summed E-state index contributed by atoms with van der Waals surface area (Å²) in [6.07, 6.45) is 4.87. The van der Waals surface area contributed by atoms with E-state index in [1.54, 1.807) is 21.3 Å². The first-order chi connectivity index (χ1) is 16.7. The van der Waals surface area contributed by atoms with Crippen molar-refractivity contribution < 1.29 is 18.9 Å². The maximum atomic E-state index is 5.46. The highest BCUT2D eigenvalue weighted by molar-refractivity contribution is 5.90. The van der Waals surface area contributed by atoms with Gasteiger partial charge in [-0.15, -0.1) is 0 Å². The molecule has 0 saturated carbocycles. The molecular weight excluding hydrogens is 432 g/mol. The number of methoxy groups -OCH3 is 3. The van der Waals surface area contributed by atoms with E-state index >= 15 is 0 Å². The number of rotatable bonds is 10. The van der Waals surface area contributed by atoms with Gasteiger partial charge in [-0.05, 0) is 48.9 Å². The third-order valence-corrected chi connectivity index (χ3v) is 5.78. The lowest BCUT2D eigenvalue weighted by molar-refractivity contribution is 0.0378. The fraction of sp³-hybridized carbons (Fsp3) is 0.385. The van der Waals surface area contributed by atoms with Gasteiger partial charge in [0.25, 0.3) is 0 Å². The average molecular weight is 465 g/mol. The molecule has 1 aliphatic rings. The van der Waals surface area contributed by atoms with Crippen LogP contribution in [0.3, 0.4) is 0 Å². The summed E-state index contributed by atoms with van der Waals surface area (Å²) in [6.45, 7) is 5.55. The Labute approximate surface area is 200 Å². The van der Waals surface area contributed by atoms with Crippen molar-refractivity contribution in [3.05, 3.63) is 47.8 Å². The van der Waals surface area contributed by atoms with Crippen molar-refractivity contribution in [3.63, 3.8) is 0 Å². The van der Waals surface area contributed by atoms with Crippen LogP contribution in [-0.4, -0.2) is 75.6 Å². The van der Waals surface area contributed by atoms with E-state index in [1.807, 2.05) is 48.6 Å². The van der Waals surface area contributed by atoms with E-state index < -0.39 is 0 Å². The summed E-state index contributed by atoms with van der Waals surface area (Å²) in [4.78, 5) is 12.0. The van der Waals surface area contributed by atoms with Crippen molar-refractivity contribution in [3.8, 4) is 17.2 Å². The van der Waals surface area contributed by atoms with Crippen LogP contribution in [0.4, 0.5) is 5.82 Å². The van der Waals surface area contributed by atoms with Crippen molar-refractivity contribution >= 4 is 28.9 Å². The lowest BCUT2D eigenvalue weighted by Crippen LogP contribution is -2.37. The van der Waals surface area contributed by atoms with Gasteiger partial charge in [0.2, 0.25) is 5.75 Å². The summed E-state index contributed by atoms with van der Waals surface area (Å²) in [7, 11) is 4.80. The minimum atomic E-state index is 0.563. The van der Waals surface area contributed by atoms with Gasteiger partial charge in [-0.2, -0.15) is 0 Å². The summed E-state index contributed by atoms with van der Waals surface area (Å²) in [5.41, 5.74) is 1.80. The Balaban J connectivity index is 1.52. The standard InChI is InChI=1S/C26H32N4O4/c1-31-22-17-19(18-23(32-2)25(22)33-3)9-10-24-28-21-8-5-4-7-20(21)26(29-24)27-11-6-12-30-13-15-34-16-14-30/h4-5,7-10,17-18H,6,11-16H2,1-3H3,(H,27,28,29)/b10-9+. The number of nitrogens with one attached hydrogen (secondary N) is 1. The third kappa shape index (κ3) is 5.76. The zero-order chi connectivity index (χ0) is 23.8. The van der Waals surface area contributed by atoms with Crippen LogP contribution in [0.25, 0.3) is 23.1 Å². The molecule has 3 aromatic rings. The lowest BCUT2D eigenvalue weighted by atomic mass is 10.1. The van der Waals surface area contributed by atoms with Gasteiger partial charge in [0.05, 0.1) is 40.1 Å². The second-order valence-electron chi connectivity index (χ2n) is 7.97. The molecule has 1 saturated heterocycles. The van der Waals surface area contributed by atoms with Crippen molar-refractivity contribution in [1.82, 2.24) is 14.9 Å². The average Bonchev–Trinajstić information content (AvgIpc) is 2.89. The molecule has 0 spiro atoms. The number of hydrogen-bond donors (Lipinski definition) is 1. The van der Waals surface area contributed by atoms with Crippen LogP contribution in [0.5, 0.6) is 17.2 Å². The smallest absolute Gasteiger partial charge is 0.203 e. The number of benzene rings is 2. The normalized spacial score (nSPS) is 14.4. The molecule has 0 aliphatic carbocycles. The summed E-state index contributed by atoms with van der Waals surface area (Å²) in [5, 5.41) is 4.53. The van der Waals surface area contributed by atoms with Crippen molar-refractivity contribution in [2.45, 2.75) is 6.42 Å². The molecule has 8 heteroatoms. The molecule has 0 radical (unpaired) electrons. The Hall–Kier alpha value is -3.36. The van der Waals surface area contributed by atoms with E-state index in [-0.39, 0.29) is 0 Å².